The Hall–Kier alpha value is -0.640. The van der Waals surface area contributed by atoms with Crippen LogP contribution in [0.25, 0.3) is 0 Å². The van der Waals surface area contributed by atoms with Gasteiger partial charge in [0.2, 0.25) is 0 Å². The van der Waals surface area contributed by atoms with Gasteiger partial charge in [0.15, 0.2) is 0 Å². The second-order valence-electron chi connectivity index (χ2n) is 6.95. The third-order valence-corrected chi connectivity index (χ3v) is 4.58. The number of hydrogen-bond donors (Lipinski definition) is 1. The lowest BCUT2D eigenvalue weighted by Crippen LogP contribution is -2.39. The molecule has 1 saturated heterocycles. The molecular weight excluding hydrogens is 289 g/mol. The van der Waals surface area contributed by atoms with E-state index in [9.17, 15) is 4.39 Å². The van der Waals surface area contributed by atoms with Crippen LogP contribution in [-0.2, 0) is 4.74 Å². The molecule has 2 atom stereocenters. The molecule has 1 aromatic rings. The highest BCUT2D eigenvalue weighted by Crippen LogP contribution is 2.48. The van der Waals surface area contributed by atoms with E-state index in [2.05, 4.69) is 33.0 Å². The number of halogens is 2. The molecule has 1 fully saturated rings. The van der Waals surface area contributed by atoms with Gasteiger partial charge in [0.05, 0.1) is 16.2 Å². The molecule has 0 aromatic heterocycles. The smallest absolute Gasteiger partial charge is 0.146 e. The normalized spacial score (nSPS) is 25.0. The van der Waals surface area contributed by atoms with E-state index < -0.39 is 0 Å². The van der Waals surface area contributed by atoms with E-state index in [1.54, 1.807) is 12.1 Å². The van der Waals surface area contributed by atoms with Crippen molar-refractivity contribution in [1.29, 1.82) is 0 Å². The molecule has 21 heavy (non-hydrogen) atoms. The summed E-state index contributed by atoms with van der Waals surface area (Å²) in [4.78, 5) is 0. The highest BCUT2D eigenvalue weighted by atomic mass is 35.5. The quantitative estimate of drug-likeness (QED) is 0.868. The van der Waals surface area contributed by atoms with Crippen LogP contribution in [0.15, 0.2) is 18.2 Å². The third kappa shape index (κ3) is 3.41. The Morgan fingerprint density at radius 2 is 2.05 bits per heavy atom. The van der Waals surface area contributed by atoms with E-state index in [-0.39, 0.29) is 34.0 Å². The maximum atomic E-state index is 14.5. The fourth-order valence-corrected chi connectivity index (χ4v) is 3.76. The average Bonchev–Trinajstić information content (AvgIpc) is 2.58. The summed E-state index contributed by atoms with van der Waals surface area (Å²) < 4.78 is 20.6. The molecule has 1 aromatic carbocycles. The molecule has 2 unspecified atom stereocenters. The monoisotopic (exact) mass is 313 g/mol. The SMILES string of the molecule is CCNC(c1cccc(Cl)c1F)C1CC(C)(C)OC1(C)C. The number of nitrogens with one attached hydrogen (secondary N) is 1. The molecule has 2 rings (SSSR count). The van der Waals surface area contributed by atoms with Gasteiger partial charge in [-0.15, -0.1) is 0 Å². The van der Waals surface area contributed by atoms with Crippen molar-refractivity contribution in [1.82, 2.24) is 5.32 Å². The molecule has 0 saturated carbocycles. The first-order valence-electron chi connectivity index (χ1n) is 7.55. The minimum absolute atomic E-state index is 0.106. The zero-order chi connectivity index (χ0) is 15.8. The van der Waals surface area contributed by atoms with Gasteiger partial charge in [0, 0.05) is 17.5 Å². The zero-order valence-electron chi connectivity index (χ0n) is 13.5. The van der Waals surface area contributed by atoms with Crippen LogP contribution in [0.3, 0.4) is 0 Å². The van der Waals surface area contributed by atoms with Gasteiger partial charge in [-0.3, -0.25) is 0 Å². The van der Waals surface area contributed by atoms with Crippen LogP contribution >= 0.6 is 11.6 Å². The van der Waals surface area contributed by atoms with Crippen molar-refractivity contribution in [2.24, 2.45) is 5.92 Å². The molecule has 0 bridgehead atoms. The van der Waals surface area contributed by atoms with Crippen LogP contribution in [0, 0.1) is 11.7 Å². The van der Waals surface area contributed by atoms with Gasteiger partial charge >= 0.3 is 0 Å². The Morgan fingerprint density at radius 1 is 1.38 bits per heavy atom. The summed E-state index contributed by atoms with van der Waals surface area (Å²) in [5.74, 6) is -0.147. The molecule has 4 heteroatoms. The lowest BCUT2D eigenvalue weighted by atomic mass is 9.78. The van der Waals surface area contributed by atoms with Gasteiger partial charge in [-0.05, 0) is 46.7 Å². The second kappa shape index (κ2) is 5.86. The fourth-order valence-electron chi connectivity index (χ4n) is 3.57. The van der Waals surface area contributed by atoms with Crippen LogP contribution in [0.1, 0.15) is 52.6 Å². The molecule has 0 aliphatic carbocycles. The zero-order valence-corrected chi connectivity index (χ0v) is 14.2. The molecule has 0 radical (unpaired) electrons. The summed E-state index contributed by atoms with van der Waals surface area (Å²) in [6.07, 6.45) is 0.879. The molecule has 1 aliphatic rings. The van der Waals surface area contributed by atoms with Crippen molar-refractivity contribution in [2.75, 3.05) is 6.54 Å². The summed E-state index contributed by atoms with van der Waals surface area (Å²) in [6.45, 7) is 11.1. The Bertz CT molecular complexity index is 516. The first-order chi connectivity index (χ1) is 9.68. The minimum Gasteiger partial charge on any atom is -0.369 e. The predicted octanol–water partition coefficient (Wildman–Crippen LogP) is 4.72. The van der Waals surface area contributed by atoms with E-state index >= 15 is 0 Å². The maximum absolute atomic E-state index is 14.5. The van der Waals surface area contributed by atoms with Crippen LogP contribution < -0.4 is 5.32 Å². The predicted molar refractivity (Wildman–Crippen MR) is 85.2 cm³/mol. The molecule has 0 spiro atoms. The van der Waals surface area contributed by atoms with Crippen LogP contribution in [0.4, 0.5) is 4.39 Å². The molecule has 118 valence electrons. The van der Waals surface area contributed by atoms with Crippen LogP contribution in [0.2, 0.25) is 5.02 Å². The molecule has 0 amide bonds. The van der Waals surface area contributed by atoms with E-state index in [1.165, 1.54) is 0 Å². The first-order valence-corrected chi connectivity index (χ1v) is 7.93. The van der Waals surface area contributed by atoms with Crippen molar-refractivity contribution < 1.29 is 9.13 Å². The van der Waals surface area contributed by atoms with Crippen molar-refractivity contribution in [3.63, 3.8) is 0 Å². The molecule has 1 aliphatic heterocycles. The van der Waals surface area contributed by atoms with Gasteiger partial charge in [-0.2, -0.15) is 0 Å². The maximum Gasteiger partial charge on any atom is 0.146 e. The molecule has 1 heterocycles. The van der Waals surface area contributed by atoms with E-state index in [0.717, 1.165) is 13.0 Å². The third-order valence-electron chi connectivity index (χ3n) is 4.29. The van der Waals surface area contributed by atoms with Crippen molar-refractivity contribution >= 4 is 11.6 Å². The second-order valence-corrected chi connectivity index (χ2v) is 7.36. The van der Waals surface area contributed by atoms with E-state index in [0.29, 0.717) is 5.56 Å². The Kier molecular flexibility index (Phi) is 4.67. The number of ether oxygens (including phenoxy) is 1. The highest BCUT2D eigenvalue weighted by molar-refractivity contribution is 6.30. The summed E-state index contributed by atoms with van der Waals surface area (Å²) in [7, 11) is 0. The first kappa shape index (κ1) is 16.7. The Morgan fingerprint density at radius 3 is 2.57 bits per heavy atom. The lowest BCUT2D eigenvalue weighted by molar-refractivity contribution is -0.0779. The largest absolute Gasteiger partial charge is 0.369 e. The molecular formula is C17H25ClFNO. The number of rotatable bonds is 4. The summed E-state index contributed by atoms with van der Waals surface area (Å²) >= 11 is 5.96. The van der Waals surface area contributed by atoms with Gasteiger partial charge in [0.25, 0.3) is 0 Å². The summed E-state index contributed by atoms with van der Waals surface area (Å²) in [5.41, 5.74) is 0.117. The van der Waals surface area contributed by atoms with Crippen molar-refractivity contribution in [2.45, 2.75) is 58.3 Å². The van der Waals surface area contributed by atoms with Gasteiger partial charge in [-0.1, -0.05) is 30.7 Å². The van der Waals surface area contributed by atoms with E-state index in [4.69, 9.17) is 16.3 Å². The Labute approximate surface area is 132 Å². The van der Waals surface area contributed by atoms with Crippen molar-refractivity contribution in [3.8, 4) is 0 Å². The van der Waals surface area contributed by atoms with Gasteiger partial charge in [-0.25, -0.2) is 4.39 Å². The molecule has 1 N–H and O–H groups in total. The van der Waals surface area contributed by atoms with Gasteiger partial charge in [0.1, 0.15) is 5.82 Å². The standard InChI is InChI=1S/C17H25ClFNO/c1-6-20-15(11-8-7-9-13(18)14(11)19)12-10-16(2,3)21-17(12,4)5/h7-9,12,15,20H,6,10H2,1-5H3. The minimum atomic E-state index is -0.328. The lowest BCUT2D eigenvalue weighted by Gasteiger charge is -2.34. The van der Waals surface area contributed by atoms with E-state index in [1.807, 2.05) is 13.0 Å². The summed E-state index contributed by atoms with van der Waals surface area (Å²) in [6, 6.07) is 5.10. The van der Waals surface area contributed by atoms with Gasteiger partial charge < -0.3 is 10.1 Å². The Balaban J connectivity index is 2.42. The topological polar surface area (TPSA) is 21.3 Å². The average molecular weight is 314 g/mol. The van der Waals surface area contributed by atoms with Crippen LogP contribution in [-0.4, -0.2) is 17.7 Å². The summed E-state index contributed by atoms with van der Waals surface area (Å²) in [5, 5.41) is 3.60. The van der Waals surface area contributed by atoms with Crippen LogP contribution in [0.5, 0.6) is 0 Å². The highest BCUT2D eigenvalue weighted by Gasteiger charge is 2.49. The number of hydrogen-bond acceptors (Lipinski definition) is 2. The van der Waals surface area contributed by atoms with Crippen molar-refractivity contribution in [3.05, 3.63) is 34.6 Å². The molecule has 2 nitrogen and oxygen atoms in total. The number of benzene rings is 1. The fraction of sp³-hybridized carbons (Fsp3) is 0.647.